The molecule has 3 rings (SSSR count). The highest BCUT2D eigenvalue weighted by Gasteiger charge is 2.43. The van der Waals surface area contributed by atoms with Crippen molar-refractivity contribution in [3.8, 4) is 11.5 Å². The highest BCUT2D eigenvalue weighted by Crippen LogP contribution is 2.38. The topological polar surface area (TPSA) is 107 Å². The van der Waals surface area contributed by atoms with E-state index in [0.717, 1.165) is 28.0 Å². The maximum Gasteiger partial charge on any atom is 0.329 e. The van der Waals surface area contributed by atoms with Gasteiger partial charge in [0.25, 0.3) is 0 Å². The summed E-state index contributed by atoms with van der Waals surface area (Å²) in [5.41, 5.74) is 2.33. The summed E-state index contributed by atoms with van der Waals surface area (Å²) >= 11 is 0. The number of amides is 2. The Morgan fingerprint density at radius 1 is 1.08 bits per heavy atom. The molecule has 1 unspecified atom stereocenters. The van der Waals surface area contributed by atoms with Crippen molar-refractivity contribution in [1.82, 2.24) is 10.2 Å². The highest BCUT2D eigenvalue weighted by atomic mass is 16.5. The van der Waals surface area contributed by atoms with Crippen LogP contribution in [0.2, 0.25) is 0 Å². The molecule has 1 atom stereocenters. The number of carboxylic acid groups (broad SMARTS) is 1. The minimum Gasteiger partial charge on any atom is -0.493 e. The number of urea groups is 1. The number of ether oxygens (including phenoxy) is 4. The summed E-state index contributed by atoms with van der Waals surface area (Å²) < 4.78 is 23.2. The number of hydrogen-bond acceptors (Lipinski definition) is 6. The Hall–Kier alpha value is -3.30. The second kappa shape index (κ2) is 14.2. The van der Waals surface area contributed by atoms with Crippen LogP contribution in [-0.4, -0.2) is 67.1 Å². The fraction of sp³-hybridized carbons (Fsp3) is 0.533. The first-order valence-corrected chi connectivity index (χ1v) is 13.6. The van der Waals surface area contributed by atoms with E-state index in [9.17, 15) is 14.7 Å². The van der Waals surface area contributed by atoms with Crippen LogP contribution in [0.4, 0.5) is 4.79 Å². The van der Waals surface area contributed by atoms with Crippen LogP contribution in [0.15, 0.2) is 36.4 Å². The molecule has 0 aliphatic carbocycles. The summed E-state index contributed by atoms with van der Waals surface area (Å²) in [4.78, 5) is 27.7. The van der Waals surface area contributed by atoms with Gasteiger partial charge in [-0.1, -0.05) is 30.3 Å². The summed E-state index contributed by atoms with van der Waals surface area (Å²) in [6.45, 7) is 12.2. The smallest absolute Gasteiger partial charge is 0.329 e. The maximum atomic E-state index is 13.8. The molecule has 0 radical (unpaired) electrons. The zero-order valence-corrected chi connectivity index (χ0v) is 23.7. The van der Waals surface area contributed by atoms with Gasteiger partial charge in [0.1, 0.15) is 17.0 Å². The van der Waals surface area contributed by atoms with Crippen LogP contribution in [-0.2, 0) is 20.9 Å². The molecule has 1 heterocycles. The lowest BCUT2D eigenvalue weighted by molar-refractivity contribution is -0.148. The maximum absolute atomic E-state index is 13.8. The van der Waals surface area contributed by atoms with Crippen LogP contribution in [0.5, 0.6) is 11.5 Å². The molecule has 39 heavy (non-hydrogen) atoms. The monoisotopic (exact) mass is 542 g/mol. The van der Waals surface area contributed by atoms with Crippen LogP contribution in [0.25, 0.3) is 0 Å². The third-order valence-electron chi connectivity index (χ3n) is 7.23. The lowest BCUT2D eigenvalue weighted by atomic mass is 9.90. The largest absolute Gasteiger partial charge is 0.493 e. The molecule has 214 valence electrons. The number of benzene rings is 2. The Morgan fingerprint density at radius 2 is 1.74 bits per heavy atom. The molecule has 2 aromatic carbocycles. The fourth-order valence-electron chi connectivity index (χ4n) is 4.94. The van der Waals surface area contributed by atoms with Gasteiger partial charge in [0.05, 0.1) is 32.5 Å². The molecule has 0 spiro atoms. The predicted molar refractivity (Wildman–Crippen MR) is 148 cm³/mol. The zero-order valence-electron chi connectivity index (χ0n) is 23.7. The summed E-state index contributed by atoms with van der Waals surface area (Å²) in [5, 5.41) is 12.9. The van der Waals surface area contributed by atoms with Gasteiger partial charge in [-0.15, -0.1) is 0 Å². The lowest BCUT2D eigenvalue weighted by Crippen LogP contribution is -2.60. The molecule has 0 aromatic heterocycles. The molecule has 9 heteroatoms. The van der Waals surface area contributed by atoms with Gasteiger partial charge in [0.15, 0.2) is 0 Å². The van der Waals surface area contributed by atoms with Gasteiger partial charge in [-0.2, -0.15) is 0 Å². The summed E-state index contributed by atoms with van der Waals surface area (Å²) in [6.07, 6.45) is 0.403. The molecule has 2 amide bonds. The van der Waals surface area contributed by atoms with Gasteiger partial charge in [-0.05, 0) is 57.4 Å². The number of rotatable bonds is 13. The molecular formula is C30H42N2O7. The first-order valence-electron chi connectivity index (χ1n) is 13.6. The van der Waals surface area contributed by atoms with Crippen molar-refractivity contribution in [3.05, 3.63) is 58.7 Å². The Morgan fingerprint density at radius 3 is 2.36 bits per heavy atom. The van der Waals surface area contributed by atoms with Crippen molar-refractivity contribution >= 4 is 12.0 Å². The van der Waals surface area contributed by atoms with E-state index in [2.05, 4.69) is 5.32 Å². The number of hydrogen-bond donors (Lipinski definition) is 2. The molecule has 1 saturated heterocycles. The Balaban J connectivity index is 1.91. The van der Waals surface area contributed by atoms with E-state index in [4.69, 9.17) is 18.9 Å². The third kappa shape index (κ3) is 7.42. The first kappa shape index (κ1) is 30.2. The lowest BCUT2D eigenvalue weighted by Gasteiger charge is -2.38. The average Bonchev–Trinajstić information content (AvgIpc) is 2.93. The molecule has 1 fully saturated rings. The van der Waals surface area contributed by atoms with Crippen molar-refractivity contribution in [2.24, 2.45) is 0 Å². The summed E-state index contributed by atoms with van der Waals surface area (Å²) in [7, 11) is 0. The molecule has 1 aliphatic rings. The number of nitrogens with zero attached hydrogens (tertiary/aromatic N) is 1. The highest BCUT2D eigenvalue weighted by molar-refractivity contribution is 5.86. The number of carbonyl (C=O) groups excluding carboxylic acids is 1. The van der Waals surface area contributed by atoms with Gasteiger partial charge in [-0.3, -0.25) is 0 Å². The van der Waals surface area contributed by atoms with E-state index in [1.807, 2.05) is 71.0 Å². The fourth-order valence-corrected chi connectivity index (χ4v) is 4.94. The summed E-state index contributed by atoms with van der Waals surface area (Å²) in [6, 6.07) is 10.9. The minimum atomic E-state index is -1.38. The van der Waals surface area contributed by atoms with Gasteiger partial charge < -0.3 is 34.3 Å². The normalized spacial score (nSPS) is 15.3. The zero-order chi connectivity index (χ0) is 28.4. The number of aliphatic carboxylic acids is 1. The van der Waals surface area contributed by atoms with Crippen molar-refractivity contribution in [2.45, 2.75) is 65.6 Å². The Kier molecular flexibility index (Phi) is 11.0. The molecule has 0 bridgehead atoms. The third-order valence-corrected chi connectivity index (χ3v) is 7.23. The van der Waals surface area contributed by atoms with E-state index in [0.29, 0.717) is 25.6 Å². The SMILES string of the molecule is CCOc1cc(C(C)N(CCOCc2ccccc2)C(=O)NC2(C(=O)O)CCOCC2)c(C)c(OCC)c1C. The van der Waals surface area contributed by atoms with Crippen molar-refractivity contribution < 1.29 is 33.6 Å². The van der Waals surface area contributed by atoms with Crippen LogP contribution < -0.4 is 14.8 Å². The van der Waals surface area contributed by atoms with Crippen molar-refractivity contribution in [3.63, 3.8) is 0 Å². The van der Waals surface area contributed by atoms with Gasteiger partial charge in [-0.25, -0.2) is 9.59 Å². The number of carbonyl (C=O) groups is 2. The molecule has 2 aromatic rings. The van der Waals surface area contributed by atoms with Crippen molar-refractivity contribution in [1.29, 1.82) is 0 Å². The van der Waals surface area contributed by atoms with Crippen LogP contribution >= 0.6 is 0 Å². The molecule has 0 saturated carbocycles. The second-order valence-electron chi connectivity index (χ2n) is 9.75. The molecular weight excluding hydrogens is 500 g/mol. The second-order valence-corrected chi connectivity index (χ2v) is 9.75. The minimum absolute atomic E-state index is 0.202. The van der Waals surface area contributed by atoms with Gasteiger partial charge in [0, 0.05) is 38.2 Å². The standard InChI is InChI=1S/C30H42N2O7/c1-6-38-26-19-25(21(3)27(22(26)4)39-7-2)23(5)32(15-18-37-20-24-11-9-8-10-12-24)29(35)31-30(28(33)34)13-16-36-17-14-30/h8-12,19,23H,6-7,13-18,20H2,1-5H3,(H,31,35)(H,33,34). The molecule has 2 N–H and O–H groups in total. The van der Waals surface area contributed by atoms with Gasteiger partial charge >= 0.3 is 12.0 Å². The molecule has 1 aliphatic heterocycles. The van der Waals surface area contributed by atoms with E-state index in [-0.39, 0.29) is 39.2 Å². The summed E-state index contributed by atoms with van der Waals surface area (Å²) in [5.74, 6) is 0.369. The van der Waals surface area contributed by atoms with E-state index < -0.39 is 23.6 Å². The Bertz CT molecular complexity index is 1100. The van der Waals surface area contributed by atoms with Crippen LogP contribution in [0.3, 0.4) is 0 Å². The van der Waals surface area contributed by atoms with Crippen molar-refractivity contribution in [2.75, 3.05) is 39.6 Å². The average molecular weight is 543 g/mol. The van der Waals surface area contributed by atoms with E-state index in [1.165, 1.54) is 0 Å². The molecule has 9 nitrogen and oxygen atoms in total. The number of carboxylic acids is 1. The Labute approximate surface area is 231 Å². The van der Waals surface area contributed by atoms with Gasteiger partial charge in [0.2, 0.25) is 0 Å². The number of nitrogens with one attached hydrogen (secondary N) is 1. The predicted octanol–water partition coefficient (Wildman–Crippen LogP) is 5.02. The van der Waals surface area contributed by atoms with E-state index >= 15 is 0 Å². The quantitative estimate of drug-likeness (QED) is 0.342. The van der Waals surface area contributed by atoms with Crippen LogP contribution in [0.1, 0.15) is 61.9 Å². The van der Waals surface area contributed by atoms with Crippen LogP contribution in [0, 0.1) is 13.8 Å². The first-order chi connectivity index (χ1) is 18.7. The van der Waals surface area contributed by atoms with E-state index in [1.54, 1.807) is 4.90 Å².